The lowest BCUT2D eigenvalue weighted by atomic mass is 9.93. The molecule has 154 valence electrons. The van der Waals surface area contributed by atoms with E-state index < -0.39 is 5.91 Å². The Kier molecular flexibility index (Phi) is 6.53. The lowest BCUT2D eigenvalue weighted by Gasteiger charge is -2.16. The average molecular weight is 403 g/mol. The third kappa shape index (κ3) is 4.36. The van der Waals surface area contributed by atoms with Gasteiger partial charge in [-0.05, 0) is 48.6 Å². The molecule has 0 aliphatic carbocycles. The zero-order chi connectivity index (χ0) is 21.7. The van der Waals surface area contributed by atoms with Gasteiger partial charge in [0.15, 0.2) is 11.5 Å². The Labute approximate surface area is 176 Å². The van der Waals surface area contributed by atoms with Gasteiger partial charge < -0.3 is 14.6 Å². The van der Waals surface area contributed by atoms with Crippen molar-refractivity contribution in [1.82, 2.24) is 10.5 Å². The lowest BCUT2D eigenvalue weighted by molar-refractivity contribution is 0.0946. The molecule has 1 N–H and O–H groups in total. The number of carbonyl (C=O) groups is 1. The van der Waals surface area contributed by atoms with Gasteiger partial charge in [-0.2, -0.15) is 5.26 Å². The van der Waals surface area contributed by atoms with Gasteiger partial charge in [-0.25, -0.2) is 0 Å². The monoisotopic (exact) mass is 403 g/mol. The van der Waals surface area contributed by atoms with Crippen LogP contribution in [0.25, 0.3) is 11.3 Å². The predicted molar refractivity (Wildman–Crippen MR) is 114 cm³/mol. The Bertz CT molecular complexity index is 1080. The summed E-state index contributed by atoms with van der Waals surface area (Å²) in [5.41, 5.74) is 3.91. The number of nitrogens with zero attached hydrogens (tertiary/aromatic N) is 2. The minimum absolute atomic E-state index is 0.0185. The van der Waals surface area contributed by atoms with Crippen molar-refractivity contribution in [2.24, 2.45) is 0 Å². The number of hydrogen-bond donors (Lipinski definition) is 1. The van der Waals surface area contributed by atoms with Crippen molar-refractivity contribution in [2.75, 3.05) is 6.54 Å². The van der Waals surface area contributed by atoms with Crippen LogP contribution in [0.4, 0.5) is 0 Å². The van der Waals surface area contributed by atoms with Crippen LogP contribution in [0.15, 0.2) is 47.0 Å². The Morgan fingerprint density at radius 3 is 2.63 bits per heavy atom. The zero-order valence-electron chi connectivity index (χ0n) is 17.7. The zero-order valence-corrected chi connectivity index (χ0v) is 17.7. The molecule has 6 nitrogen and oxygen atoms in total. The van der Waals surface area contributed by atoms with Crippen LogP contribution >= 0.6 is 0 Å². The Morgan fingerprint density at radius 1 is 1.27 bits per heavy atom. The van der Waals surface area contributed by atoms with Crippen LogP contribution in [0.5, 0.6) is 5.75 Å². The molecule has 0 atom stereocenters. The van der Waals surface area contributed by atoms with Gasteiger partial charge >= 0.3 is 0 Å². The van der Waals surface area contributed by atoms with Crippen LogP contribution in [0.2, 0.25) is 0 Å². The van der Waals surface area contributed by atoms with Gasteiger partial charge in [0.25, 0.3) is 5.91 Å². The van der Waals surface area contributed by atoms with Crippen molar-refractivity contribution >= 4 is 5.91 Å². The number of amides is 1. The molecule has 0 saturated carbocycles. The van der Waals surface area contributed by atoms with E-state index in [-0.39, 0.29) is 22.9 Å². The maximum absolute atomic E-state index is 12.3. The van der Waals surface area contributed by atoms with E-state index in [9.17, 15) is 10.1 Å². The molecule has 0 bridgehead atoms. The third-order valence-electron chi connectivity index (χ3n) is 4.83. The number of nitrogens with one attached hydrogen (secondary N) is 1. The number of aromatic nitrogens is 1. The smallest absolute Gasteiger partial charge is 0.274 e. The van der Waals surface area contributed by atoms with Crippen LogP contribution in [-0.2, 0) is 6.61 Å². The molecule has 0 radical (unpaired) electrons. The standard InChI is InChI=1S/C24H25N3O3/c1-5-26-24(28)22-20(13-25)23(30-27-22)19-12-18(15(2)3)16(4)11-21(19)29-14-17-9-7-6-8-10-17/h6-12,15H,5,14H2,1-4H3,(H,26,28). The largest absolute Gasteiger partial charge is 0.488 e. The van der Waals surface area contributed by atoms with Gasteiger partial charge in [-0.15, -0.1) is 0 Å². The fraction of sp³-hybridized carbons (Fsp3) is 0.292. The van der Waals surface area contributed by atoms with Crippen LogP contribution in [0.1, 0.15) is 59.4 Å². The second kappa shape index (κ2) is 9.27. The minimum Gasteiger partial charge on any atom is -0.488 e. The number of ether oxygens (including phenoxy) is 1. The number of nitriles is 1. The van der Waals surface area contributed by atoms with E-state index in [4.69, 9.17) is 9.26 Å². The van der Waals surface area contributed by atoms with E-state index in [1.807, 2.05) is 49.4 Å². The summed E-state index contributed by atoms with van der Waals surface area (Å²) < 4.78 is 11.6. The second-order valence-electron chi connectivity index (χ2n) is 7.34. The first-order chi connectivity index (χ1) is 14.5. The minimum atomic E-state index is -0.438. The highest BCUT2D eigenvalue weighted by atomic mass is 16.5. The topological polar surface area (TPSA) is 88.2 Å². The van der Waals surface area contributed by atoms with Gasteiger partial charge in [-0.3, -0.25) is 4.79 Å². The fourth-order valence-corrected chi connectivity index (χ4v) is 3.33. The maximum atomic E-state index is 12.3. The van der Waals surface area contributed by atoms with E-state index in [1.54, 1.807) is 6.92 Å². The molecule has 6 heteroatoms. The lowest BCUT2D eigenvalue weighted by Crippen LogP contribution is -2.23. The van der Waals surface area contributed by atoms with Crippen LogP contribution in [0, 0.1) is 18.3 Å². The summed E-state index contributed by atoms with van der Waals surface area (Å²) in [5.74, 6) is 0.648. The molecule has 1 heterocycles. The van der Waals surface area contributed by atoms with Gasteiger partial charge in [0.05, 0.1) is 5.56 Å². The number of hydrogen-bond acceptors (Lipinski definition) is 5. The molecule has 0 unspecified atom stereocenters. The second-order valence-corrected chi connectivity index (χ2v) is 7.34. The summed E-state index contributed by atoms with van der Waals surface area (Å²) in [6.45, 7) is 8.83. The SMILES string of the molecule is CCNC(=O)c1noc(-c2cc(C(C)C)c(C)cc2OCc2ccccc2)c1C#N. The van der Waals surface area contributed by atoms with E-state index in [1.165, 1.54) is 0 Å². The van der Waals surface area contributed by atoms with Gasteiger partial charge in [-0.1, -0.05) is 49.3 Å². The first kappa shape index (κ1) is 21.1. The molecule has 3 aromatic rings. The first-order valence-corrected chi connectivity index (χ1v) is 9.95. The Balaban J connectivity index is 2.09. The maximum Gasteiger partial charge on any atom is 0.274 e. The van der Waals surface area contributed by atoms with E-state index >= 15 is 0 Å². The summed E-state index contributed by atoms with van der Waals surface area (Å²) in [7, 11) is 0. The van der Waals surface area contributed by atoms with E-state index in [0.29, 0.717) is 24.5 Å². The van der Waals surface area contributed by atoms with E-state index in [0.717, 1.165) is 16.7 Å². The fourth-order valence-electron chi connectivity index (χ4n) is 3.33. The summed E-state index contributed by atoms with van der Waals surface area (Å²) in [6.07, 6.45) is 0. The molecule has 0 fully saturated rings. The molecule has 1 aromatic heterocycles. The summed E-state index contributed by atoms with van der Waals surface area (Å²) >= 11 is 0. The van der Waals surface area contributed by atoms with E-state index in [2.05, 4.69) is 30.4 Å². The van der Waals surface area contributed by atoms with Crippen LogP contribution in [-0.4, -0.2) is 17.6 Å². The number of aryl methyl sites for hydroxylation is 1. The Hall–Kier alpha value is -3.59. The predicted octanol–water partition coefficient (Wildman–Crippen LogP) is 4.97. The molecular formula is C24H25N3O3. The number of benzene rings is 2. The summed E-state index contributed by atoms with van der Waals surface area (Å²) in [4.78, 5) is 12.3. The van der Waals surface area contributed by atoms with Gasteiger partial charge in [0, 0.05) is 6.54 Å². The molecule has 2 aromatic carbocycles. The van der Waals surface area contributed by atoms with Crippen LogP contribution < -0.4 is 10.1 Å². The van der Waals surface area contributed by atoms with Crippen molar-refractivity contribution in [3.8, 4) is 23.1 Å². The van der Waals surface area contributed by atoms with Gasteiger partial charge in [0.1, 0.15) is 24.0 Å². The number of rotatable bonds is 7. The van der Waals surface area contributed by atoms with Crippen molar-refractivity contribution < 1.29 is 14.1 Å². The highest BCUT2D eigenvalue weighted by Crippen LogP contribution is 2.38. The van der Waals surface area contributed by atoms with Crippen LogP contribution in [0.3, 0.4) is 0 Å². The quantitative estimate of drug-likeness (QED) is 0.601. The Morgan fingerprint density at radius 2 is 2.00 bits per heavy atom. The molecule has 0 spiro atoms. The molecule has 0 aliphatic heterocycles. The molecular weight excluding hydrogens is 378 g/mol. The molecule has 3 rings (SSSR count). The normalized spacial score (nSPS) is 10.7. The molecule has 0 saturated heterocycles. The third-order valence-corrected chi connectivity index (χ3v) is 4.83. The van der Waals surface area contributed by atoms with Crippen molar-refractivity contribution in [3.05, 3.63) is 70.4 Å². The van der Waals surface area contributed by atoms with Crippen molar-refractivity contribution in [1.29, 1.82) is 5.26 Å². The summed E-state index contributed by atoms with van der Waals surface area (Å²) in [6, 6.07) is 15.8. The number of carbonyl (C=O) groups excluding carboxylic acids is 1. The molecule has 30 heavy (non-hydrogen) atoms. The van der Waals surface area contributed by atoms with Crippen molar-refractivity contribution in [3.63, 3.8) is 0 Å². The molecule has 1 amide bonds. The van der Waals surface area contributed by atoms with Crippen molar-refractivity contribution in [2.45, 2.75) is 40.2 Å². The van der Waals surface area contributed by atoms with Gasteiger partial charge in [0.2, 0.25) is 0 Å². The molecule has 0 aliphatic rings. The average Bonchev–Trinajstić information content (AvgIpc) is 3.17. The highest BCUT2D eigenvalue weighted by Gasteiger charge is 2.26. The summed E-state index contributed by atoms with van der Waals surface area (Å²) in [5, 5.41) is 16.3. The highest BCUT2D eigenvalue weighted by molar-refractivity contribution is 5.96. The first-order valence-electron chi connectivity index (χ1n) is 9.95.